The largest absolute Gasteiger partial charge is 0.497 e. The number of hydrogen-bond donors (Lipinski definition) is 1. The minimum absolute atomic E-state index is 0.120. The quantitative estimate of drug-likeness (QED) is 0.371. The number of rotatable bonds is 5. The van der Waals surface area contributed by atoms with Crippen LogP contribution in [0.1, 0.15) is 33.8 Å². The molecule has 0 saturated carbocycles. The highest BCUT2D eigenvalue weighted by Gasteiger charge is 2.26. The van der Waals surface area contributed by atoms with Crippen LogP contribution in [0.15, 0.2) is 72.8 Å². The fraction of sp³-hybridized carbons (Fsp3) is 0.172. The van der Waals surface area contributed by atoms with Crippen LogP contribution >= 0.6 is 0 Å². The van der Waals surface area contributed by atoms with Gasteiger partial charge in [-0.1, -0.05) is 42.5 Å². The van der Waals surface area contributed by atoms with Gasteiger partial charge in [0.2, 0.25) is 5.88 Å². The minimum atomic E-state index is -0.285. The summed E-state index contributed by atoms with van der Waals surface area (Å²) >= 11 is 0. The molecule has 35 heavy (non-hydrogen) atoms. The fourth-order valence-corrected chi connectivity index (χ4v) is 4.92. The lowest BCUT2D eigenvalue weighted by molar-refractivity contribution is 0.414. The van der Waals surface area contributed by atoms with Crippen molar-refractivity contribution in [2.75, 3.05) is 7.11 Å². The molecule has 0 saturated heterocycles. The van der Waals surface area contributed by atoms with E-state index in [0.29, 0.717) is 24.2 Å². The van der Waals surface area contributed by atoms with Crippen molar-refractivity contribution < 1.29 is 14.2 Å². The molecule has 0 amide bonds. The van der Waals surface area contributed by atoms with Gasteiger partial charge in [0.25, 0.3) is 0 Å². The zero-order valence-corrected chi connectivity index (χ0v) is 19.3. The van der Waals surface area contributed by atoms with Crippen LogP contribution in [0.5, 0.6) is 11.6 Å². The maximum absolute atomic E-state index is 13.4. The van der Waals surface area contributed by atoms with E-state index in [0.717, 1.165) is 52.4 Å². The number of fused-ring (bicyclic) bond motifs is 5. The van der Waals surface area contributed by atoms with Crippen LogP contribution in [0.25, 0.3) is 16.9 Å². The van der Waals surface area contributed by atoms with Crippen molar-refractivity contribution in [3.63, 3.8) is 0 Å². The van der Waals surface area contributed by atoms with Gasteiger partial charge in [0.1, 0.15) is 17.3 Å². The van der Waals surface area contributed by atoms with Crippen LogP contribution in [0.4, 0.5) is 4.39 Å². The predicted octanol–water partition coefficient (Wildman–Crippen LogP) is 5.53. The number of aromatic nitrogens is 3. The van der Waals surface area contributed by atoms with Gasteiger partial charge < -0.3 is 9.84 Å². The summed E-state index contributed by atoms with van der Waals surface area (Å²) in [5, 5.41) is 11.4. The number of nitrogens with zero attached hydrogens (tertiary/aromatic N) is 3. The smallest absolute Gasteiger partial charge is 0.219 e. The normalized spacial score (nSPS) is 12.4. The summed E-state index contributed by atoms with van der Waals surface area (Å²) in [5.41, 5.74) is 8.08. The van der Waals surface area contributed by atoms with E-state index in [1.54, 1.807) is 19.2 Å². The summed E-state index contributed by atoms with van der Waals surface area (Å²) in [7, 11) is 1.67. The average Bonchev–Trinajstić information content (AvgIpc) is 3.22. The molecular weight excluding hydrogens is 441 g/mol. The monoisotopic (exact) mass is 465 g/mol. The molecule has 5 aromatic rings. The summed E-state index contributed by atoms with van der Waals surface area (Å²) in [6.45, 7) is 0. The van der Waals surface area contributed by atoms with Gasteiger partial charge >= 0.3 is 0 Å². The molecule has 0 bridgehead atoms. The van der Waals surface area contributed by atoms with E-state index in [1.807, 2.05) is 34.7 Å². The van der Waals surface area contributed by atoms with Crippen molar-refractivity contribution in [3.8, 4) is 22.9 Å². The Balaban J connectivity index is 1.54. The van der Waals surface area contributed by atoms with Gasteiger partial charge in [0, 0.05) is 18.4 Å². The number of methoxy groups -OCH3 is 1. The van der Waals surface area contributed by atoms with E-state index >= 15 is 0 Å². The Labute approximate surface area is 202 Å². The summed E-state index contributed by atoms with van der Waals surface area (Å²) in [6, 6.07) is 22.5. The Morgan fingerprint density at radius 3 is 2.40 bits per heavy atom. The van der Waals surface area contributed by atoms with E-state index in [2.05, 4.69) is 18.2 Å². The van der Waals surface area contributed by atoms with E-state index in [-0.39, 0.29) is 11.7 Å². The van der Waals surface area contributed by atoms with E-state index in [1.165, 1.54) is 17.7 Å². The van der Waals surface area contributed by atoms with Gasteiger partial charge in [-0.05, 0) is 59.9 Å². The maximum atomic E-state index is 13.4. The van der Waals surface area contributed by atoms with E-state index in [4.69, 9.17) is 14.7 Å². The third-order valence-electron chi connectivity index (χ3n) is 6.67. The molecule has 0 aliphatic heterocycles. The molecule has 174 valence electrons. The number of imidazole rings is 1. The third kappa shape index (κ3) is 3.81. The Morgan fingerprint density at radius 2 is 1.63 bits per heavy atom. The number of aromatic hydroxyl groups is 1. The molecule has 6 heteroatoms. The number of benzene rings is 3. The second-order valence-electron chi connectivity index (χ2n) is 8.88. The zero-order chi connectivity index (χ0) is 23.9. The number of hydrogen-bond acceptors (Lipinski definition) is 4. The van der Waals surface area contributed by atoms with Crippen LogP contribution in [-0.4, -0.2) is 26.6 Å². The minimum Gasteiger partial charge on any atom is -0.497 e. The SMILES string of the molecule is COc1ccc2c(c1)CCc1c-2nc(Cc2ccccc2)c2nc(Cc3ccc(F)cc3)c(O)n12. The molecule has 3 aromatic carbocycles. The third-order valence-corrected chi connectivity index (χ3v) is 6.67. The summed E-state index contributed by atoms with van der Waals surface area (Å²) in [6.07, 6.45) is 2.54. The first-order chi connectivity index (χ1) is 17.1. The lowest BCUT2D eigenvalue weighted by Crippen LogP contribution is -2.13. The Hall–Kier alpha value is -4.19. The first-order valence-electron chi connectivity index (χ1n) is 11.7. The fourth-order valence-electron chi connectivity index (χ4n) is 4.92. The maximum Gasteiger partial charge on any atom is 0.219 e. The first kappa shape index (κ1) is 21.4. The standard InChI is InChI=1S/C29H24FN3O2/c1-35-22-12-13-23-20(17-22)9-14-26-27(23)31-24(15-18-5-3-2-4-6-18)28-32-25(29(34)33(26)28)16-19-7-10-21(30)11-8-19/h2-8,10-13,17,34H,9,14-16H2,1H3. The molecule has 0 spiro atoms. The van der Waals surface area contributed by atoms with Crippen molar-refractivity contribution in [3.05, 3.63) is 112 Å². The second-order valence-corrected chi connectivity index (χ2v) is 8.88. The van der Waals surface area contributed by atoms with Crippen molar-refractivity contribution in [2.45, 2.75) is 25.7 Å². The van der Waals surface area contributed by atoms with Gasteiger partial charge in [0.05, 0.1) is 24.2 Å². The molecule has 1 N–H and O–H groups in total. The summed E-state index contributed by atoms with van der Waals surface area (Å²) in [5.74, 6) is 0.658. The lowest BCUT2D eigenvalue weighted by Gasteiger charge is -2.22. The van der Waals surface area contributed by atoms with Gasteiger partial charge in [-0.15, -0.1) is 0 Å². The van der Waals surface area contributed by atoms with Crippen LogP contribution in [0.2, 0.25) is 0 Å². The summed E-state index contributed by atoms with van der Waals surface area (Å²) < 4.78 is 20.7. The number of aryl methyl sites for hydroxylation is 2. The molecule has 2 heterocycles. The lowest BCUT2D eigenvalue weighted by atomic mass is 9.91. The highest BCUT2D eigenvalue weighted by molar-refractivity contribution is 5.72. The molecule has 0 fully saturated rings. The van der Waals surface area contributed by atoms with Crippen LogP contribution < -0.4 is 4.74 Å². The second kappa shape index (κ2) is 8.55. The van der Waals surface area contributed by atoms with Crippen LogP contribution in [0.3, 0.4) is 0 Å². The zero-order valence-electron chi connectivity index (χ0n) is 19.3. The van der Waals surface area contributed by atoms with E-state index in [9.17, 15) is 9.50 Å². The van der Waals surface area contributed by atoms with Crippen molar-refractivity contribution in [2.24, 2.45) is 0 Å². The Morgan fingerprint density at radius 1 is 0.886 bits per heavy atom. The number of halogens is 1. The van der Waals surface area contributed by atoms with Gasteiger partial charge in [-0.25, -0.2) is 14.4 Å². The van der Waals surface area contributed by atoms with Gasteiger partial charge in [-0.3, -0.25) is 4.40 Å². The molecule has 1 aliphatic rings. The highest BCUT2D eigenvalue weighted by Crippen LogP contribution is 2.38. The highest BCUT2D eigenvalue weighted by atomic mass is 19.1. The van der Waals surface area contributed by atoms with Crippen molar-refractivity contribution in [1.82, 2.24) is 14.4 Å². The summed E-state index contributed by atoms with van der Waals surface area (Å²) in [4.78, 5) is 9.98. The average molecular weight is 466 g/mol. The molecule has 0 radical (unpaired) electrons. The predicted molar refractivity (Wildman–Crippen MR) is 133 cm³/mol. The van der Waals surface area contributed by atoms with Crippen LogP contribution in [-0.2, 0) is 25.7 Å². The van der Waals surface area contributed by atoms with Crippen LogP contribution in [0, 0.1) is 5.82 Å². The van der Waals surface area contributed by atoms with Gasteiger partial charge in [-0.2, -0.15) is 0 Å². The molecule has 2 aromatic heterocycles. The molecule has 1 aliphatic carbocycles. The van der Waals surface area contributed by atoms with E-state index < -0.39 is 0 Å². The van der Waals surface area contributed by atoms with Crippen molar-refractivity contribution in [1.29, 1.82) is 0 Å². The Bertz CT molecular complexity index is 1540. The molecule has 6 rings (SSSR count). The molecule has 0 unspecified atom stereocenters. The molecular formula is C29H24FN3O2. The number of ether oxygens (including phenoxy) is 1. The first-order valence-corrected chi connectivity index (χ1v) is 11.7. The Kier molecular flexibility index (Phi) is 5.21. The molecule has 5 nitrogen and oxygen atoms in total. The molecule has 0 atom stereocenters. The topological polar surface area (TPSA) is 59.7 Å². The van der Waals surface area contributed by atoms with Gasteiger partial charge in [0.15, 0.2) is 5.65 Å². The van der Waals surface area contributed by atoms with Crippen molar-refractivity contribution >= 4 is 5.65 Å².